The molecule has 0 atom stereocenters. The van der Waals surface area contributed by atoms with Gasteiger partial charge in [-0.3, -0.25) is 9.59 Å². The van der Waals surface area contributed by atoms with Gasteiger partial charge < -0.3 is 10.1 Å². The topological polar surface area (TPSA) is 72.5 Å². The summed E-state index contributed by atoms with van der Waals surface area (Å²) in [5.74, 6) is -1.51. The number of amides is 1. The fraction of sp³-hybridized carbons (Fsp3) is 0.0952. The summed E-state index contributed by atoms with van der Waals surface area (Å²) >= 11 is 7.32. The summed E-state index contributed by atoms with van der Waals surface area (Å²) in [6.07, 6.45) is 0. The lowest BCUT2D eigenvalue weighted by atomic mass is 10.0. The van der Waals surface area contributed by atoms with E-state index < -0.39 is 18.5 Å². The van der Waals surface area contributed by atoms with Crippen LogP contribution in [-0.4, -0.2) is 24.3 Å². The van der Waals surface area contributed by atoms with Crippen LogP contribution in [0.1, 0.15) is 31.2 Å². The predicted octanol–water partition coefficient (Wildman–Crippen LogP) is 4.74. The molecule has 28 heavy (non-hydrogen) atoms. The van der Waals surface area contributed by atoms with E-state index >= 15 is 0 Å². The second-order valence-corrected chi connectivity index (χ2v) is 7.30. The normalized spacial score (nSPS) is 10.4. The second-order valence-electron chi connectivity index (χ2n) is 5.94. The molecular formula is C21H16ClNO4S. The molecule has 1 amide bonds. The number of ether oxygens (including phenoxy) is 1. The van der Waals surface area contributed by atoms with Gasteiger partial charge in [-0.25, -0.2) is 4.79 Å². The summed E-state index contributed by atoms with van der Waals surface area (Å²) in [7, 11) is 0. The SMILES string of the molecule is Cc1ccc(NC(=O)COC(=O)c2ccccc2C(=O)c2cccs2)cc1Cl. The molecule has 7 heteroatoms. The number of carbonyl (C=O) groups is 3. The third kappa shape index (κ3) is 4.65. The standard InChI is InChI=1S/C21H16ClNO4S/c1-13-8-9-14(11-17(13)22)23-19(24)12-27-21(26)16-6-3-2-5-15(16)20(25)18-7-4-10-28-18/h2-11H,12H2,1H3,(H,23,24). The van der Waals surface area contributed by atoms with E-state index in [-0.39, 0.29) is 16.9 Å². The molecule has 2 aromatic carbocycles. The van der Waals surface area contributed by atoms with Crippen LogP contribution in [-0.2, 0) is 9.53 Å². The number of hydrogen-bond donors (Lipinski definition) is 1. The summed E-state index contributed by atoms with van der Waals surface area (Å²) in [5.41, 5.74) is 1.75. The molecule has 0 bridgehead atoms. The maximum Gasteiger partial charge on any atom is 0.339 e. The first-order valence-electron chi connectivity index (χ1n) is 8.36. The average molecular weight is 414 g/mol. The average Bonchev–Trinajstić information content (AvgIpc) is 3.23. The number of anilines is 1. The summed E-state index contributed by atoms with van der Waals surface area (Å²) in [6, 6.07) is 14.9. The Kier molecular flexibility index (Phi) is 6.23. The first-order chi connectivity index (χ1) is 13.5. The fourth-order valence-corrected chi connectivity index (χ4v) is 3.33. The number of ketones is 1. The molecule has 1 heterocycles. The van der Waals surface area contributed by atoms with Gasteiger partial charge in [0.25, 0.3) is 5.91 Å². The van der Waals surface area contributed by atoms with E-state index in [0.29, 0.717) is 15.6 Å². The van der Waals surface area contributed by atoms with Crippen molar-refractivity contribution >= 4 is 46.3 Å². The first kappa shape index (κ1) is 19.8. The third-order valence-corrected chi connectivity index (χ3v) is 5.20. The number of halogens is 1. The minimum Gasteiger partial charge on any atom is -0.452 e. The van der Waals surface area contributed by atoms with Crippen LogP contribution in [0.25, 0.3) is 0 Å². The van der Waals surface area contributed by atoms with Gasteiger partial charge in [0.15, 0.2) is 6.61 Å². The van der Waals surface area contributed by atoms with E-state index in [2.05, 4.69) is 5.32 Å². The number of benzene rings is 2. The molecule has 0 spiro atoms. The van der Waals surface area contributed by atoms with Gasteiger partial charge in [-0.15, -0.1) is 11.3 Å². The minimum absolute atomic E-state index is 0.118. The van der Waals surface area contributed by atoms with Crippen molar-refractivity contribution in [2.75, 3.05) is 11.9 Å². The van der Waals surface area contributed by atoms with Crippen LogP contribution in [0.4, 0.5) is 5.69 Å². The van der Waals surface area contributed by atoms with Crippen molar-refractivity contribution in [3.05, 3.63) is 86.6 Å². The number of esters is 1. The van der Waals surface area contributed by atoms with Crippen LogP contribution < -0.4 is 5.32 Å². The molecule has 0 radical (unpaired) electrons. The van der Waals surface area contributed by atoms with E-state index in [9.17, 15) is 14.4 Å². The van der Waals surface area contributed by atoms with Gasteiger partial charge in [0.05, 0.1) is 10.4 Å². The van der Waals surface area contributed by atoms with Crippen LogP contribution >= 0.6 is 22.9 Å². The number of rotatable bonds is 6. The highest BCUT2D eigenvalue weighted by Crippen LogP contribution is 2.21. The number of nitrogens with one attached hydrogen (secondary N) is 1. The van der Waals surface area contributed by atoms with Crippen LogP contribution in [0.5, 0.6) is 0 Å². The summed E-state index contributed by atoms with van der Waals surface area (Å²) in [6.45, 7) is 1.37. The highest BCUT2D eigenvalue weighted by Gasteiger charge is 2.20. The molecule has 1 aromatic heterocycles. The van der Waals surface area contributed by atoms with Crippen LogP contribution in [0.2, 0.25) is 5.02 Å². The number of hydrogen-bond acceptors (Lipinski definition) is 5. The Bertz CT molecular complexity index is 1030. The molecule has 0 saturated heterocycles. The van der Waals surface area contributed by atoms with Gasteiger partial charge >= 0.3 is 5.97 Å². The number of thiophene rings is 1. The van der Waals surface area contributed by atoms with Gasteiger partial charge in [-0.05, 0) is 42.1 Å². The lowest BCUT2D eigenvalue weighted by molar-refractivity contribution is -0.119. The number of carbonyl (C=O) groups excluding carboxylic acids is 3. The molecule has 0 unspecified atom stereocenters. The van der Waals surface area contributed by atoms with Crippen molar-refractivity contribution in [1.82, 2.24) is 0 Å². The van der Waals surface area contributed by atoms with E-state index in [1.54, 1.807) is 53.9 Å². The molecule has 3 aromatic rings. The summed E-state index contributed by atoms with van der Waals surface area (Å²) < 4.78 is 5.09. The molecular weight excluding hydrogens is 398 g/mol. The molecule has 1 N–H and O–H groups in total. The van der Waals surface area contributed by atoms with Crippen molar-refractivity contribution in [2.45, 2.75) is 6.92 Å². The Morgan fingerprint density at radius 1 is 1.04 bits per heavy atom. The molecule has 0 aliphatic rings. The van der Waals surface area contributed by atoms with Crippen LogP contribution in [0, 0.1) is 6.92 Å². The summed E-state index contributed by atoms with van der Waals surface area (Å²) in [5, 5.41) is 4.92. The second kappa shape index (κ2) is 8.82. The van der Waals surface area contributed by atoms with Gasteiger partial charge in [0, 0.05) is 16.3 Å². The first-order valence-corrected chi connectivity index (χ1v) is 9.62. The van der Waals surface area contributed by atoms with Gasteiger partial charge in [0.2, 0.25) is 5.78 Å². The highest BCUT2D eigenvalue weighted by atomic mass is 35.5. The maximum atomic E-state index is 12.6. The van der Waals surface area contributed by atoms with Gasteiger partial charge in [0.1, 0.15) is 0 Å². The van der Waals surface area contributed by atoms with E-state index in [1.165, 1.54) is 17.4 Å². The molecule has 0 fully saturated rings. The molecule has 0 saturated carbocycles. The van der Waals surface area contributed by atoms with E-state index in [1.807, 2.05) is 6.92 Å². The quantitative estimate of drug-likeness (QED) is 0.468. The summed E-state index contributed by atoms with van der Waals surface area (Å²) in [4.78, 5) is 37.6. The predicted molar refractivity (Wildman–Crippen MR) is 109 cm³/mol. The number of aryl methyl sites for hydroxylation is 1. The monoisotopic (exact) mass is 413 g/mol. The molecule has 142 valence electrons. The van der Waals surface area contributed by atoms with E-state index in [4.69, 9.17) is 16.3 Å². The van der Waals surface area contributed by atoms with Crippen molar-refractivity contribution in [2.24, 2.45) is 0 Å². The van der Waals surface area contributed by atoms with Crippen molar-refractivity contribution in [3.8, 4) is 0 Å². The Morgan fingerprint density at radius 2 is 1.79 bits per heavy atom. The zero-order valence-electron chi connectivity index (χ0n) is 14.9. The van der Waals surface area contributed by atoms with Crippen molar-refractivity contribution < 1.29 is 19.1 Å². The Morgan fingerprint density at radius 3 is 2.46 bits per heavy atom. The Hall–Kier alpha value is -2.96. The zero-order valence-corrected chi connectivity index (χ0v) is 16.5. The molecule has 0 aliphatic heterocycles. The van der Waals surface area contributed by atoms with Gasteiger partial charge in [-0.1, -0.05) is 41.9 Å². The van der Waals surface area contributed by atoms with Crippen LogP contribution in [0.3, 0.4) is 0 Å². The third-order valence-electron chi connectivity index (χ3n) is 3.93. The molecule has 0 aliphatic carbocycles. The largest absolute Gasteiger partial charge is 0.452 e. The van der Waals surface area contributed by atoms with Gasteiger partial charge in [-0.2, -0.15) is 0 Å². The van der Waals surface area contributed by atoms with Crippen molar-refractivity contribution in [3.63, 3.8) is 0 Å². The minimum atomic E-state index is -0.738. The van der Waals surface area contributed by atoms with E-state index in [0.717, 1.165) is 5.56 Å². The molecule has 3 rings (SSSR count). The fourth-order valence-electron chi connectivity index (χ4n) is 2.48. The smallest absolute Gasteiger partial charge is 0.339 e. The van der Waals surface area contributed by atoms with Crippen molar-refractivity contribution in [1.29, 1.82) is 0 Å². The molecule has 5 nitrogen and oxygen atoms in total. The highest BCUT2D eigenvalue weighted by molar-refractivity contribution is 7.12. The Balaban J connectivity index is 1.66. The van der Waals surface area contributed by atoms with Crippen LogP contribution in [0.15, 0.2) is 60.0 Å². The lowest BCUT2D eigenvalue weighted by Crippen LogP contribution is -2.22. The Labute approximate surface area is 170 Å². The zero-order chi connectivity index (χ0) is 20.1. The maximum absolute atomic E-state index is 12.6. The lowest BCUT2D eigenvalue weighted by Gasteiger charge is -2.09.